The summed E-state index contributed by atoms with van der Waals surface area (Å²) < 4.78 is 16.8. The zero-order valence-electron chi connectivity index (χ0n) is 16.7. The molecular weight excluding hydrogens is 495 g/mol. The molecule has 3 aromatic rings. The zero-order valence-corrected chi connectivity index (χ0v) is 18.8. The quantitative estimate of drug-likeness (QED) is 0.228. The predicted molar refractivity (Wildman–Crippen MR) is 123 cm³/mol. The van der Waals surface area contributed by atoms with Gasteiger partial charge in [-0.05, 0) is 52.8 Å². The van der Waals surface area contributed by atoms with Crippen LogP contribution in [0.25, 0.3) is 11.1 Å². The van der Waals surface area contributed by atoms with E-state index in [1.54, 1.807) is 24.3 Å². The van der Waals surface area contributed by atoms with E-state index < -0.39 is 5.97 Å². The van der Waals surface area contributed by atoms with Gasteiger partial charge < -0.3 is 14.2 Å². The van der Waals surface area contributed by atoms with Crippen molar-refractivity contribution in [3.8, 4) is 22.6 Å². The maximum atomic E-state index is 12.4. The lowest BCUT2D eigenvalue weighted by Crippen LogP contribution is -2.14. The average molecular weight is 516 g/mol. The van der Waals surface area contributed by atoms with Crippen LogP contribution in [0.3, 0.4) is 0 Å². The number of esters is 1. The molecule has 0 bridgehead atoms. The number of halogens is 1. The fraction of sp³-hybridized carbons (Fsp3) is 0.167. The van der Waals surface area contributed by atoms with Crippen LogP contribution in [0.5, 0.6) is 11.5 Å². The molecule has 0 aromatic heterocycles. The van der Waals surface area contributed by atoms with Crippen molar-refractivity contribution in [3.63, 3.8) is 0 Å². The van der Waals surface area contributed by atoms with Gasteiger partial charge in [-0.2, -0.15) is 0 Å². The zero-order chi connectivity index (χ0) is 21.5. The van der Waals surface area contributed by atoms with Crippen LogP contribution in [0.4, 0.5) is 0 Å². The summed E-state index contributed by atoms with van der Waals surface area (Å²) in [5.74, 6) is 0.157. The molecule has 0 heterocycles. The number of Topliss-reactive ketones (excluding diaryl/α,β-unsaturated/α-hetero) is 1. The Kier molecular flexibility index (Phi) is 7.46. The molecule has 5 nitrogen and oxygen atoms in total. The maximum absolute atomic E-state index is 12.4. The average Bonchev–Trinajstić information content (AvgIpc) is 2.79. The molecule has 0 spiro atoms. The molecule has 0 saturated heterocycles. The minimum absolute atomic E-state index is 0.268. The Bertz CT molecular complexity index is 1030. The first-order valence-electron chi connectivity index (χ1n) is 9.39. The van der Waals surface area contributed by atoms with Gasteiger partial charge in [-0.15, -0.1) is 0 Å². The molecule has 0 aliphatic carbocycles. The summed E-state index contributed by atoms with van der Waals surface area (Å²) in [5.41, 5.74) is 2.87. The smallest absolute Gasteiger partial charge is 0.338 e. The van der Waals surface area contributed by atoms with Crippen LogP contribution in [0.2, 0.25) is 0 Å². The topological polar surface area (TPSA) is 61.8 Å². The first-order chi connectivity index (χ1) is 14.5. The highest BCUT2D eigenvalue weighted by Crippen LogP contribution is 2.34. The molecule has 3 rings (SSSR count). The molecule has 30 heavy (non-hydrogen) atoms. The molecule has 0 radical (unpaired) electrons. The van der Waals surface area contributed by atoms with Gasteiger partial charge >= 0.3 is 5.97 Å². The molecule has 0 N–H and O–H groups in total. The standard InChI is InChI=1S/C24H21IO5/c1-3-29-23-20(25)13-19(14-22(23)28-2)24(27)30-15-21(26)18-11-9-17(10-12-18)16-7-5-4-6-8-16/h4-14H,3,15H2,1-2H3. The predicted octanol–water partition coefficient (Wildman–Crippen LogP) is 5.41. The summed E-state index contributed by atoms with van der Waals surface area (Å²) >= 11 is 2.07. The third kappa shape index (κ3) is 5.18. The highest BCUT2D eigenvalue weighted by molar-refractivity contribution is 14.1. The van der Waals surface area contributed by atoms with Gasteiger partial charge in [0.25, 0.3) is 0 Å². The fourth-order valence-electron chi connectivity index (χ4n) is 2.90. The molecular formula is C24H21IO5. The third-order valence-corrected chi connectivity index (χ3v) is 5.20. The third-order valence-electron chi connectivity index (χ3n) is 4.40. The Balaban J connectivity index is 1.66. The van der Waals surface area contributed by atoms with Crippen molar-refractivity contribution in [2.75, 3.05) is 20.3 Å². The minimum atomic E-state index is -0.594. The number of methoxy groups -OCH3 is 1. The van der Waals surface area contributed by atoms with E-state index in [0.717, 1.165) is 14.7 Å². The molecule has 0 saturated carbocycles. The van der Waals surface area contributed by atoms with Gasteiger partial charge in [0.15, 0.2) is 23.9 Å². The Hall–Kier alpha value is -2.87. The number of ketones is 1. The Morgan fingerprint density at radius 3 is 2.20 bits per heavy atom. The number of ether oxygens (including phenoxy) is 3. The Labute approximate surface area is 189 Å². The van der Waals surface area contributed by atoms with Crippen LogP contribution in [-0.4, -0.2) is 32.1 Å². The Morgan fingerprint density at radius 1 is 0.900 bits per heavy atom. The monoisotopic (exact) mass is 516 g/mol. The molecule has 0 aliphatic rings. The van der Waals surface area contributed by atoms with Crippen LogP contribution in [-0.2, 0) is 4.74 Å². The summed E-state index contributed by atoms with van der Waals surface area (Å²) in [4.78, 5) is 24.9. The van der Waals surface area contributed by atoms with Crippen molar-refractivity contribution >= 4 is 34.3 Å². The van der Waals surface area contributed by atoms with Gasteiger partial charge in [0, 0.05) is 5.56 Å². The Morgan fingerprint density at radius 2 is 1.57 bits per heavy atom. The van der Waals surface area contributed by atoms with Crippen LogP contribution in [0, 0.1) is 3.57 Å². The molecule has 3 aromatic carbocycles. The second-order valence-corrected chi connectivity index (χ2v) is 7.53. The molecule has 6 heteroatoms. The highest BCUT2D eigenvalue weighted by atomic mass is 127. The van der Waals surface area contributed by atoms with Gasteiger partial charge in [0.1, 0.15) is 0 Å². The van der Waals surface area contributed by atoms with E-state index in [1.165, 1.54) is 7.11 Å². The minimum Gasteiger partial charge on any atom is -0.493 e. The molecule has 154 valence electrons. The van der Waals surface area contributed by atoms with E-state index in [2.05, 4.69) is 22.6 Å². The van der Waals surface area contributed by atoms with Crippen LogP contribution >= 0.6 is 22.6 Å². The van der Waals surface area contributed by atoms with Crippen molar-refractivity contribution in [2.45, 2.75) is 6.92 Å². The molecule has 0 fully saturated rings. The lowest BCUT2D eigenvalue weighted by atomic mass is 10.0. The molecule has 0 atom stereocenters. The van der Waals surface area contributed by atoms with Gasteiger partial charge in [-0.3, -0.25) is 4.79 Å². The van der Waals surface area contributed by atoms with Crippen LogP contribution in [0.15, 0.2) is 66.7 Å². The van der Waals surface area contributed by atoms with Crippen molar-refractivity contribution in [2.24, 2.45) is 0 Å². The number of carbonyl (C=O) groups is 2. The van der Waals surface area contributed by atoms with E-state index in [1.807, 2.05) is 49.4 Å². The summed E-state index contributed by atoms with van der Waals surface area (Å²) in [6.07, 6.45) is 0. The molecule has 0 amide bonds. The number of hydrogen-bond donors (Lipinski definition) is 0. The SMILES string of the molecule is CCOc1c(I)cc(C(=O)OCC(=O)c2ccc(-c3ccccc3)cc2)cc1OC. The number of rotatable bonds is 8. The summed E-state index contributed by atoms with van der Waals surface area (Å²) in [5, 5.41) is 0. The van der Waals surface area contributed by atoms with Crippen molar-refractivity contribution < 1.29 is 23.8 Å². The van der Waals surface area contributed by atoms with Crippen molar-refractivity contribution in [3.05, 3.63) is 81.4 Å². The molecule has 0 aliphatic heterocycles. The van der Waals surface area contributed by atoms with E-state index in [0.29, 0.717) is 29.2 Å². The second-order valence-electron chi connectivity index (χ2n) is 6.37. The largest absolute Gasteiger partial charge is 0.493 e. The van der Waals surface area contributed by atoms with Gasteiger partial charge in [0.2, 0.25) is 0 Å². The van der Waals surface area contributed by atoms with Crippen molar-refractivity contribution in [1.82, 2.24) is 0 Å². The summed E-state index contributed by atoms with van der Waals surface area (Å²) in [7, 11) is 1.51. The highest BCUT2D eigenvalue weighted by Gasteiger charge is 2.17. The number of hydrogen-bond acceptors (Lipinski definition) is 5. The van der Waals surface area contributed by atoms with E-state index >= 15 is 0 Å². The van der Waals surface area contributed by atoms with Gasteiger partial charge in [-0.25, -0.2) is 4.79 Å². The number of carbonyl (C=O) groups excluding carboxylic acids is 2. The van der Waals surface area contributed by atoms with Crippen LogP contribution in [0.1, 0.15) is 27.6 Å². The van der Waals surface area contributed by atoms with Gasteiger partial charge in [-0.1, -0.05) is 54.6 Å². The van der Waals surface area contributed by atoms with E-state index in [-0.39, 0.29) is 12.4 Å². The van der Waals surface area contributed by atoms with Crippen molar-refractivity contribution in [1.29, 1.82) is 0 Å². The normalized spacial score (nSPS) is 10.4. The lowest BCUT2D eigenvalue weighted by molar-refractivity contribution is 0.0474. The summed E-state index contributed by atoms with van der Waals surface area (Å²) in [6, 6.07) is 20.3. The fourth-order valence-corrected chi connectivity index (χ4v) is 3.66. The first kappa shape index (κ1) is 21.8. The molecule has 0 unspecified atom stereocenters. The lowest BCUT2D eigenvalue weighted by Gasteiger charge is -2.13. The maximum Gasteiger partial charge on any atom is 0.338 e. The number of benzene rings is 3. The second kappa shape index (κ2) is 10.2. The van der Waals surface area contributed by atoms with Crippen LogP contribution < -0.4 is 9.47 Å². The van der Waals surface area contributed by atoms with E-state index in [9.17, 15) is 9.59 Å². The van der Waals surface area contributed by atoms with Gasteiger partial charge in [0.05, 0.1) is 22.9 Å². The first-order valence-corrected chi connectivity index (χ1v) is 10.5. The summed E-state index contributed by atoms with van der Waals surface area (Å²) in [6.45, 7) is 2.01. The van der Waals surface area contributed by atoms with E-state index in [4.69, 9.17) is 14.2 Å².